The van der Waals surface area contributed by atoms with E-state index in [1.54, 1.807) is 29.8 Å². The summed E-state index contributed by atoms with van der Waals surface area (Å²) in [6.07, 6.45) is 5.03. The highest BCUT2D eigenvalue weighted by Gasteiger charge is 2.18. The normalized spacial score (nSPS) is 12.9. The van der Waals surface area contributed by atoms with Gasteiger partial charge in [0.2, 0.25) is 0 Å². The first-order chi connectivity index (χ1) is 9.81. The average molecular weight is 307 g/mol. The molecule has 0 aliphatic rings. The van der Waals surface area contributed by atoms with Crippen LogP contribution in [0.1, 0.15) is 23.5 Å². The van der Waals surface area contributed by atoms with Crippen molar-refractivity contribution < 1.29 is 4.74 Å². The molecule has 3 aromatic heterocycles. The Hall–Kier alpha value is -1.37. The molecule has 106 valence electrons. The van der Waals surface area contributed by atoms with Gasteiger partial charge in [-0.25, -0.2) is 4.98 Å². The van der Waals surface area contributed by atoms with Crippen LogP contribution in [-0.4, -0.2) is 23.0 Å². The molecule has 6 heteroatoms. The lowest BCUT2D eigenvalue weighted by atomic mass is 10.1. The Bertz CT molecular complexity index is 657. The zero-order chi connectivity index (χ0) is 13.9. The number of thiophene rings is 1. The minimum Gasteiger partial charge on any atom is -0.496 e. The Labute approximate surface area is 126 Å². The topological polar surface area (TPSA) is 38.6 Å². The molecule has 3 aromatic rings. The van der Waals surface area contributed by atoms with Crippen molar-refractivity contribution in [3.8, 4) is 5.75 Å². The number of hydrogen-bond donors (Lipinski definition) is 1. The lowest BCUT2D eigenvalue weighted by Crippen LogP contribution is -2.22. The largest absolute Gasteiger partial charge is 0.496 e. The van der Waals surface area contributed by atoms with Gasteiger partial charge in [-0.2, -0.15) is 0 Å². The number of thiazole rings is 1. The maximum atomic E-state index is 5.44. The fraction of sp³-hybridized carbons (Fsp3) is 0.357. The van der Waals surface area contributed by atoms with E-state index in [4.69, 9.17) is 4.74 Å². The van der Waals surface area contributed by atoms with E-state index in [9.17, 15) is 0 Å². The van der Waals surface area contributed by atoms with Crippen LogP contribution in [0.15, 0.2) is 29.2 Å². The van der Waals surface area contributed by atoms with E-state index in [0.717, 1.165) is 29.4 Å². The highest BCUT2D eigenvalue weighted by Crippen LogP contribution is 2.32. The van der Waals surface area contributed by atoms with Crippen LogP contribution in [-0.2, 0) is 6.42 Å². The molecule has 0 amide bonds. The predicted molar refractivity (Wildman–Crippen MR) is 84.1 cm³/mol. The maximum Gasteiger partial charge on any atom is 0.193 e. The first-order valence-corrected chi connectivity index (χ1v) is 8.33. The van der Waals surface area contributed by atoms with Gasteiger partial charge in [0.25, 0.3) is 0 Å². The van der Waals surface area contributed by atoms with E-state index in [1.807, 2.05) is 12.3 Å². The van der Waals surface area contributed by atoms with Crippen molar-refractivity contribution >= 4 is 27.6 Å². The number of aromatic nitrogens is 2. The van der Waals surface area contributed by atoms with E-state index in [2.05, 4.69) is 38.6 Å². The number of imidazole rings is 1. The van der Waals surface area contributed by atoms with E-state index >= 15 is 0 Å². The van der Waals surface area contributed by atoms with Gasteiger partial charge in [-0.05, 0) is 18.0 Å². The lowest BCUT2D eigenvalue weighted by molar-refractivity contribution is 0.403. The number of ether oxygens (including phenoxy) is 1. The Morgan fingerprint density at radius 1 is 1.40 bits per heavy atom. The molecule has 1 atom stereocenters. The van der Waals surface area contributed by atoms with Gasteiger partial charge in [0, 0.05) is 24.2 Å². The summed E-state index contributed by atoms with van der Waals surface area (Å²) >= 11 is 3.39. The molecule has 0 aliphatic heterocycles. The maximum absolute atomic E-state index is 5.44. The number of nitrogens with one attached hydrogen (secondary N) is 1. The standard InChI is InChI=1S/C14H17N3OS2/c1-3-15-11(13-12(18-2)4-6-19-13)8-10-9-17-5-7-20-14(17)16-10/h4-7,9,11,15H,3,8H2,1-2H3. The molecule has 4 nitrogen and oxygen atoms in total. The molecule has 0 aliphatic carbocycles. The van der Waals surface area contributed by atoms with Gasteiger partial charge in [0.05, 0.1) is 23.7 Å². The molecule has 3 heterocycles. The first kappa shape index (κ1) is 13.6. The second kappa shape index (κ2) is 5.95. The summed E-state index contributed by atoms with van der Waals surface area (Å²) in [5, 5.41) is 7.65. The van der Waals surface area contributed by atoms with Gasteiger partial charge >= 0.3 is 0 Å². The van der Waals surface area contributed by atoms with Crippen molar-refractivity contribution in [2.24, 2.45) is 0 Å². The van der Waals surface area contributed by atoms with Gasteiger partial charge in [-0.15, -0.1) is 22.7 Å². The van der Waals surface area contributed by atoms with E-state index in [1.165, 1.54) is 4.88 Å². The van der Waals surface area contributed by atoms with Crippen LogP contribution >= 0.6 is 22.7 Å². The minimum absolute atomic E-state index is 0.250. The second-order valence-corrected chi connectivity index (χ2v) is 6.31. The van der Waals surface area contributed by atoms with E-state index in [-0.39, 0.29) is 6.04 Å². The highest BCUT2D eigenvalue weighted by molar-refractivity contribution is 7.15. The van der Waals surface area contributed by atoms with Gasteiger partial charge in [0.1, 0.15) is 5.75 Å². The number of fused-ring (bicyclic) bond motifs is 1. The van der Waals surface area contributed by atoms with Crippen molar-refractivity contribution in [1.29, 1.82) is 0 Å². The molecule has 0 radical (unpaired) electrons. The summed E-state index contributed by atoms with van der Waals surface area (Å²) in [4.78, 5) is 6.96. The Balaban J connectivity index is 1.85. The van der Waals surface area contributed by atoms with Crippen LogP contribution in [0.5, 0.6) is 5.75 Å². The molecule has 3 rings (SSSR count). The first-order valence-electron chi connectivity index (χ1n) is 6.57. The fourth-order valence-corrected chi connectivity index (χ4v) is 3.98. The lowest BCUT2D eigenvalue weighted by Gasteiger charge is -2.16. The van der Waals surface area contributed by atoms with Crippen LogP contribution in [0.2, 0.25) is 0 Å². The van der Waals surface area contributed by atoms with Crippen molar-refractivity contribution in [3.05, 3.63) is 39.8 Å². The van der Waals surface area contributed by atoms with Crippen LogP contribution in [0.25, 0.3) is 4.96 Å². The third kappa shape index (κ3) is 2.59. The van der Waals surface area contributed by atoms with E-state index < -0.39 is 0 Å². The van der Waals surface area contributed by atoms with Gasteiger partial charge < -0.3 is 10.1 Å². The molecule has 1 unspecified atom stereocenters. The van der Waals surface area contributed by atoms with Crippen molar-refractivity contribution in [1.82, 2.24) is 14.7 Å². The summed E-state index contributed by atoms with van der Waals surface area (Å²) < 4.78 is 7.52. The SMILES string of the molecule is CCNC(Cc1cn2ccsc2n1)c1sccc1OC. The number of hydrogen-bond acceptors (Lipinski definition) is 5. The van der Waals surface area contributed by atoms with Gasteiger partial charge in [0.15, 0.2) is 4.96 Å². The minimum atomic E-state index is 0.250. The summed E-state index contributed by atoms with van der Waals surface area (Å²) in [6, 6.07) is 2.27. The van der Waals surface area contributed by atoms with E-state index in [0.29, 0.717) is 0 Å². The molecular weight excluding hydrogens is 290 g/mol. The Kier molecular flexibility index (Phi) is 4.05. The molecule has 0 spiro atoms. The Morgan fingerprint density at radius 2 is 2.30 bits per heavy atom. The van der Waals surface area contributed by atoms with Gasteiger partial charge in [-0.3, -0.25) is 4.40 Å². The summed E-state index contributed by atoms with van der Waals surface area (Å²) in [6.45, 7) is 3.05. The van der Waals surface area contributed by atoms with Crippen LogP contribution < -0.4 is 10.1 Å². The van der Waals surface area contributed by atoms with Crippen LogP contribution in [0.3, 0.4) is 0 Å². The molecular formula is C14H17N3OS2. The third-order valence-corrected chi connectivity index (χ3v) is 4.98. The molecule has 0 fully saturated rings. The van der Waals surface area contributed by atoms with Crippen molar-refractivity contribution in [2.45, 2.75) is 19.4 Å². The number of methoxy groups -OCH3 is 1. The van der Waals surface area contributed by atoms with Crippen molar-refractivity contribution in [3.63, 3.8) is 0 Å². The smallest absolute Gasteiger partial charge is 0.193 e. The highest BCUT2D eigenvalue weighted by atomic mass is 32.1. The Morgan fingerprint density at radius 3 is 3.05 bits per heavy atom. The summed E-state index contributed by atoms with van der Waals surface area (Å²) in [5.74, 6) is 0.960. The molecule has 0 saturated heterocycles. The number of rotatable bonds is 6. The fourth-order valence-electron chi connectivity index (χ4n) is 2.32. The van der Waals surface area contributed by atoms with Crippen molar-refractivity contribution in [2.75, 3.05) is 13.7 Å². The summed E-state index contributed by atoms with van der Waals surface area (Å²) in [5.41, 5.74) is 1.11. The molecule has 0 saturated carbocycles. The second-order valence-electron chi connectivity index (χ2n) is 4.49. The van der Waals surface area contributed by atoms with Crippen LogP contribution in [0, 0.1) is 0 Å². The third-order valence-electron chi connectivity index (χ3n) is 3.20. The average Bonchev–Trinajstić information content (AvgIpc) is 3.12. The predicted octanol–water partition coefficient (Wildman–Crippen LogP) is 3.36. The molecule has 0 aromatic carbocycles. The quantitative estimate of drug-likeness (QED) is 0.759. The molecule has 20 heavy (non-hydrogen) atoms. The molecule has 1 N–H and O–H groups in total. The number of likely N-dealkylation sites (N-methyl/N-ethyl adjacent to an activating group) is 1. The van der Waals surface area contributed by atoms with Gasteiger partial charge in [-0.1, -0.05) is 6.92 Å². The molecule has 0 bridgehead atoms. The van der Waals surface area contributed by atoms with Crippen LogP contribution in [0.4, 0.5) is 0 Å². The monoisotopic (exact) mass is 307 g/mol. The summed E-state index contributed by atoms with van der Waals surface area (Å²) in [7, 11) is 1.72. The zero-order valence-corrected chi connectivity index (χ0v) is 13.1. The number of nitrogens with zero attached hydrogens (tertiary/aromatic N) is 2. The zero-order valence-electron chi connectivity index (χ0n) is 11.5.